The van der Waals surface area contributed by atoms with Gasteiger partial charge >= 0.3 is 5.97 Å². The van der Waals surface area contributed by atoms with Crippen LogP contribution in [-0.2, 0) is 16.0 Å². The monoisotopic (exact) mass is 271 g/mol. The van der Waals surface area contributed by atoms with E-state index in [1.807, 2.05) is 0 Å². The van der Waals surface area contributed by atoms with Gasteiger partial charge in [-0.2, -0.15) is 5.26 Å². The zero-order chi connectivity index (χ0) is 13.7. The summed E-state index contributed by atoms with van der Waals surface area (Å²) in [7, 11) is 0. The molecule has 1 aromatic carbocycles. The molecule has 6 heteroatoms. The molecule has 0 heterocycles. The minimum Gasteiger partial charge on any atom is -0.466 e. The maximum Gasteiger partial charge on any atom is 0.310 e. The molecule has 18 heavy (non-hydrogen) atoms. The lowest BCUT2D eigenvalue weighted by atomic mass is 10.0. The molecule has 0 aliphatic rings. The summed E-state index contributed by atoms with van der Waals surface area (Å²) in [5, 5.41) is 8.74. The minimum atomic E-state index is -2.81. The molecule has 0 N–H and O–H groups in total. The van der Waals surface area contributed by atoms with E-state index in [0.29, 0.717) is 5.56 Å². The number of ether oxygens (including phenoxy) is 1. The van der Waals surface area contributed by atoms with Gasteiger partial charge in [-0.1, -0.05) is 6.07 Å². The molecule has 0 aliphatic carbocycles. The normalized spacial score (nSPS) is 10.2. The number of carbonyl (C=O) groups excluding carboxylic acids is 1. The van der Waals surface area contributed by atoms with Gasteiger partial charge in [-0.25, -0.2) is 8.78 Å². The number of halogens is 2. The van der Waals surface area contributed by atoms with Crippen molar-refractivity contribution in [3.05, 3.63) is 28.8 Å². The quantitative estimate of drug-likeness (QED) is 0.676. The third-order valence-corrected chi connectivity index (χ3v) is 2.81. The van der Waals surface area contributed by atoms with Crippen molar-refractivity contribution in [3.8, 4) is 6.07 Å². The van der Waals surface area contributed by atoms with E-state index < -0.39 is 18.0 Å². The summed E-state index contributed by atoms with van der Waals surface area (Å²) in [6.45, 7) is 1.88. The predicted octanol–water partition coefficient (Wildman–Crippen LogP) is 2.89. The van der Waals surface area contributed by atoms with E-state index >= 15 is 0 Å². The Kier molecular flexibility index (Phi) is 5.10. The average molecular weight is 271 g/mol. The lowest BCUT2D eigenvalue weighted by Crippen LogP contribution is -2.09. The maximum absolute atomic E-state index is 12.8. The molecule has 96 valence electrons. The van der Waals surface area contributed by atoms with Crippen molar-refractivity contribution in [1.82, 2.24) is 0 Å². The highest BCUT2D eigenvalue weighted by atomic mass is 32.1. The Morgan fingerprint density at radius 3 is 2.72 bits per heavy atom. The SMILES string of the molecule is CCOC(=O)Cc1ccc(C#N)c(C(F)F)c1S. The molecule has 0 aliphatic heterocycles. The summed E-state index contributed by atoms with van der Waals surface area (Å²) in [5.74, 6) is -0.516. The summed E-state index contributed by atoms with van der Waals surface area (Å²) >= 11 is 3.98. The van der Waals surface area contributed by atoms with Crippen molar-refractivity contribution in [2.75, 3.05) is 6.61 Å². The van der Waals surface area contributed by atoms with Crippen molar-refractivity contribution in [2.24, 2.45) is 0 Å². The summed E-state index contributed by atoms with van der Waals surface area (Å²) in [4.78, 5) is 11.3. The minimum absolute atomic E-state index is 0.0305. The molecule has 3 nitrogen and oxygen atoms in total. The van der Waals surface area contributed by atoms with Crippen LogP contribution in [0.25, 0.3) is 0 Å². The van der Waals surface area contributed by atoms with Crippen molar-refractivity contribution >= 4 is 18.6 Å². The number of alkyl halides is 2. The Morgan fingerprint density at radius 2 is 2.22 bits per heavy atom. The lowest BCUT2D eigenvalue weighted by Gasteiger charge is -2.11. The van der Waals surface area contributed by atoms with Gasteiger partial charge in [-0.05, 0) is 18.6 Å². The van der Waals surface area contributed by atoms with Crippen LogP contribution in [0.2, 0.25) is 0 Å². The molecule has 0 radical (unpaired) electrons. The molecule has 0 saturated heterocycles. The molecule has 0 unspecified atom stereocenters. The Balaban J connectivity index is 3.13. The van der Waals surface area contributed by atoms with Gasteiger partial charge in [-0.3, -0.25) is 4.79 Å². The van der Waals surface area contributed by atoms with Gasteiger partial charge in [0.1, 0.15) is 0 Å². The Morgan fingerprint density at radius 1 is 1.56 bits per heavy atom. The number of nitriles is 1. The number of rotatable bonds is 4. The fourth-order valence-electron chi connectivity index (χ4n) is 1.48. The van der Waals surface area contributed by atoms with Gasteiger partial charge in [0.25, 0.3) is 6.43 Å². The van der Waals surface area contributed by atoms with Crippen LogP contribution in [0.4, 0.5) is 8.78 Å². The zero-order valence-corrected chi connectivity index (χ0v) is 10.5. The van der Waals surface area contributed by atoms with Crippen molar-refractivity contribution in [3.63, 3.8) is 0 Å². The van der Waals surface area contributed by atoms with Crippen molar-refractivity contribution in [1.29, 1.82) is 5.26 Å². The van der Waals surface area contributed by atoms with E-state index in [9.17, 15) is 13.6 Å². The molecule has 0 aromatic heterocycles. The van der Waals surface area contributed by atoms with Crippen LogP contribution in [0.5, 0.6) is 0 Å². The van der Waals surface area contributed by atoms with Crippen LogP contribution in [0, 0.1) is 11.3 Å². The Labute approximate surface area is 109 Å². The number of nitrogens with zero attached hydrogens (tertiary/aromatic N) is 1. The fraction of sp³-hybridized carbons (Fsp3) is 0.333. The third kappa shape index (κ3) is 3.20. The van der Waals surface area contributed by atoms with Crippen LogP contribution >= 0.6 is 12.6 Å². The topological polar surface area (TPSA) is 50.1 Å². The highest BCUT2D eigenvalue weighted by Crippen LogP contribution is 2.31. The van der Waals surface area contributed by atoms with Gasteiger partial charge < -0.3 is 4.74 Å². The standard InChI is InChI=1S/C12H11F2NO2S/c1-2-17-9(16)5-7-3-4-8(6-15)10(11(7)18)12(13)14/h3-4,12,18H,2,5H2,1H3. The van der Waals surface area contributed by atoms with Gasteiger partial charge in [0.2, 0.25) is 0 Å². The molecular formula is C12H11F2NO2S. The highest BCUT2D eigenvalue weighted by Gasteiger charge is 2.20. The van der Waals surface area contributed by atoms with Gasteiger partial charge in [0, 0.05) is 10.5 Å². The molecule has 0 saturated carbocycles. The smallest absolute Gasteiger partial charge is 0.310 e. The Bertz CT molecular complexity index is 498. The van der Waals surface area contributed by atoms with E-state index in [4.69, 9.17) is 10.00 Å². The highest BCUT2D eigenvalue weighted by molar-refractivity contribution is 7.80. The van der Waals surface area contributed by atoms with Crippen molar-refractivity contribution in [2.45, 2.75) is 24.7 Å². The number of hydrogen-bond donors (Lipinski definition) is 1. The van der Waals surface area contributed by atoms with E-state index in [1.165, 1.54) is 12.1 Å². The zero-order valence-electron chi connectivity index (χ0n) is 9.61. The van der Waals surface area contributed by atoms with Crippen LogP contribution in [0.3, 0.4) is 0 Å². The fourth-order valence-corrected chi connectivity index (χ4v) is 1.85. The van der Waals surface area contributed by atoms with E-state index in [1.54, 1.807) is 13.0 Å². The first kappa shape index (κ1) is 14.5. The average Bonchev–Trinajstić information content (AvgIpc) is 2.31. The van der Waals surface area contributed by atoms with Crippen LogP contribution in [-0.4, -0.2) is 12.6 Å². The van der Waals surface area contributed by atoms with Crippen LogP contribution < -0.4 is 0 Å². The summed E-state index contributed by atoms with van der Waals surface area (Å²) in [5.41, 5.74) is -0.253. The number of benzene rings is 1. The first-order valence-electron chi connectivity index (χ1n) is 5.19. The van der Waals surface area contributed by atoms with Gasteiger partial charge in [-0.15, -0.1) is 12.6 Å². The molecule has 0 amide bonds. The van der Waals surface area contributed by atoms with Crippen LogP contribution in [0.1, 0.15) is 30.0 Å². The molecular weight excluding hydrogens is 260 g/mol. The summed E-state index contributed by atoms with van der Waals surface area (Å²) in [6.07, 6.45) is -2.95. The van der Waals surface area contributed by atoms with Crippen molar-refractivity contribution < 1.29 is 18.3 Å². The van der Waals surface area contributed by atoms with E-state index in [-0.39, 0.29) is 23.5 Å². The number of esters is 1. The molecule has 0 fully saturated rings. The second-order valence-electron chi connectivity index (χ2n) is 3.43. The predicted molar refractivity (Wildman–Crippen MR) is 63.7 cm³/mol. The molecule has 1 rings (SSSR count). The molecule has 0 bridgehead atoms. The van der Waals surface area contributed by atoms with Gasteiger partial charge in [0.05, 0.1) is 24.7 Å². The summed E-state index contributed by atoms with van der Waals surface area (Å²) in [6, 6.07) is 4.37. The lowest BCUT2D eigenvalue weighted by molar-refractivity contribution is -0.142. The van der Waals surface area contributed by atoms with Crippen LogP contribution in [0.15, 0.2) is 17.0 Å². The second-order valence-corrected chi connectivity index (χ2v) is 3.88. The van der Waals surface area contributed by atoms with Gasteiger partial charge in [0.15, 0.2) is 0 Å². The number of thiol groups is 1. The summed E-state index contributed by atoms with van der Waals surface area (Å²) < 4.78 is 30.4. The third-order valence-electron chi connectivity index (χ3n) is 2.28. The van der Waals surface area contributed by atoms with E-state index in [0.717, 1.165) is 0 Å². The maximum atomic E-state index is 12.8. The Hall–Kier alpha value is -1.61. The number of carbonyl (C=O) groups is 1. The first-order valence-corrected chi connectivity index (χ1v) is 5.64. The first-order chi connectivity index (χ1) is 8.51. The largest absolute Gasteiger partial charge is 0.466 e. The number of hydrogen-bond acceptors (Lipinski definition) is 4. The molecule has 1 aromatic rings. The van der Waals surface area contributed by atoms with E-state index in [2.05, 4.69) is 12.6 Å². The molecule has 0 atom stereocenters. The second kappa shape index (κ2) is 6.36. The molecule has 0 spiro atoms.